The molecule has 0 unspecified atom stereocenters. The summed E-state index contributed by atoms with van der Waals surface area (Å²) >= 11 is 1.67. The van der Waals surface area contributed by atoms with Crippen molar-refractivity contribution in [2.75, 3.05) is 11.4 Å². The van der Waals surface area contributed by atoms with Crippen molar-refractivity contribution in [2.45, 2.75) is 26.9 Å². The number of rotatable bonds is 2. The lowest BCUT2D eigenvalue weighted by atomic mass is 10.1. The Morgan fingerprint density at radius 3 is 2.85 bits per heavy atom. The number of carbonyl (C=O) groups excluding carboxylic acids is 1. The number of carbonyl (C=O) groups is 1. The molecule has 0 atom stereocenters. The zero-order chi connectivity index (χ0) is 14.1. The van der Waals surface area contributed by atoms with Gasteiger partial charge in [0.25, 0.3) is 0 Å². The lowest BCUT2D eigenvalue weighted by molar-refractivity contribution is -0.117. The SMILES string of the molecule is Cc1nc(CN2C(=O)CNCc3ccccc32)sc1C. The molecule has 1 N–H and O–H groups in total. The first-order chi connectivity index (χ1) is 9.65. The highest BCUT2D eigenvalue weighted by Gasteiger charge is 2.22. The first kappa shape index (κ1) is 13.3. The predicted octanol–water partition coefficient (Wildman–Crippen LogP) is 2.40. The van der Waals surface area contributed by atoms with Gasteiger partial charge in [-0.2, -0.15) is 0 Å². The Bertz CT molecular complexity index is 631. The normalized spacial score (nSPS) is 15.1. The second-order valence-electron chi connectivity index (χ2n) is 4.96. The fraction of sp³-hybridized carbons (Fsp3) is 0.333. The van der Waals surface area contributed by atoms with Gasteiger partial charge in [-0.05, 0) is 25.5 Å². The van der Waals surface area contributed by atoms with Crippen molar-refractivity contribution in [2.24, 2.45) is 0 Å². The fourth-order valence-corrected chi connectivity index (χ4v) is 3.30. The monoisotopic (exact) mass is 287 g/mol. The summed E-state index contributed by atoms with van der Waals surface area (Å²) < 4.78 is 0. The van der Waals surface area contributed by atoms with Crippen molar-refractivity contribution < 1.29 is 4.79 Å². The quantitative estimate of drug-likeness (QED) is 0.922. The molecule has 3 rings (SSSR count). The lowest BCUT2D eigenvalue weighted by Gasteiger charge is -2.21. The van der Waals surface area contributed by atoms with E-state index >= 15 is 0 Å². The lowest BCUT2D eigenvalue weighted by Crippen LogP contribution is -2.35. The highest BCUT2D eigenvalue weighted by Crippen LogP contribution is 2.26. The number of benzene rings is 1. The van der Waals surface area contributed by atoms with Gasteiger partial charge in [-0.3, -0.25) is 4.79 Å². The van der Waals surface area contributed by atoms with Crippen LogP contribution in [0.1, 0.15) is 21.1 Å². The second kappa shape index (κ2) is 5.34. The van der Waals surface area contributed by atoms with E-state index < -0.39 is 0 Å². The van der Waals surface area contributed by atoms with Gasteiger partial charge >= 0.3 is 0 Å². The molecule has 104 valence electrons. The zero-order valence-electron chi connectivity index (χ0n) is 11.6. The summed E-state index contributed by atoms with van der Waals surface area (Å²) in [7, 11) is 0. The minimum Gasteiger partial charge on any atom is -0.304 e. The van der Waals surface area contributed by atoms with Crippen LogP contribution in [0.4, 0.5) is 5.69 Å². The van der Waals surface area contributed by atoms with Gasteiger partial charge in [-0.25, -0.2) is 4.98 Å². The third-order valence-corrected chi connectivity index (χ3v) is 4.60. The molecule has 0 bridgehead atoms. The number of nitrogens with one attached hydrogen (secondary N) is 1. The smallest absolute Gasteiger partial charge is 0.241 e. The standard InChI is InChI=1S/C15H17N3OS/c1-10-11(2)20-14(17-10)9-18-13-6-4-3-5-12(13)7-16-8-15(18)19/h3-6,16H,7-9H2,1-2H3. The van der Waals surface area contributed by atoms with Crippen LogP contribution in [0.3, 0.4) is 0 Å². The van der Waals surface area contributed by atoms with Crippen LogP contribution in [0.15, 0.2) is 24.3 Å². The van der Waals surface area contributed by atoms with E-state index in [1.165, 1.54) is 4.88 Å². The molecule has 4 nitrogen and oxygen atoms in total. The molecule has 20 heavy (non-hydrogen) atoms. The molecule has 0 saturated carbocycles. The topological polar surface area (TPSA) is 45.2 Å². The molecule has 0 radical (unpaired) electrons. The summed E-state index contributed by atoms with van der Waals surface area (Å²) in [5.74, 6) is 0.0976. The number of fused-ring (bicyclic) bond motifs is 1. The Morgan fingerprint density at radius 2 is 2.10 bits per heavy atom. The largest absolute Gasteiger partial charge is 0.304 e. The molecular weight excluding hydrogens is 270 g/mol. The van der Waals surface area contributed by atoms with Crippen LogP contribution in [-0.2, 0) is 17.9 Å². The Hall–Kier alpha value is -1.72. The Labute approximate surface area is 122 Å². The predicted molar refractivity (Wildman–Crippen MR) is 80.9 cm³/mol. The number of anilines is 1. The molecule has 1 aliphatic heterocycles. The number of aryl methyl sites for hydroxylation is 2. The summed E-state index contributed by atoms with van der Waals surface area (Å²) in [6.45, 7) is 5.73. The number of aromatic nitrogens is 1. The third-order valence-electron chi connectivity index (χ3n) is 3.54. The van der Waals surface area contributed by atoms with E-state index in [2.05, 4.69) is 23.3 Å². The average molecular weight is 287 g/mol. The van der Waals surface area contributed by atoms with Gasteiger partial charge in [0.2, 0.25) is 5.91 Å². The van der Waals surface area contributed by atoms with E-state index in [0.717, 1.165) is 28.5 Å². The van der Waals surface area contributed by atoms with E-state index in [4.69, 9.17) is 0 Å². The number of para-hydroxylation sites is 1. The van der Waals surface area contributed by atoms with E-state index in [0.29, 0.717) is 13.1 Å². The minimum atomic E-state index is 0.0976. The Balaban J connectivity index is 1.95. The molecule has 0 spiro atoms. The van der Waals surface area contributed by atoms with Crippen LogP contribution in [0.2, 0.25) is 0 Å². The van der Waals surface area contributed by atoms with Crippen molar-refractivity contribution in [1.82, 2.24) is 10.3 Å². The van der Waals surface area contributed by atoms with Crippen LogP contribution in [0.25, 0.3) is 0 Å². The van der Waals surface area contributed by atoms with Crippen LogP contribution in [0.5, 0.6) is 0 Å². The summed E-state index contributed by atoms with van der Waals surface area (Å²) in [5, 5.41) is 4.17. The average Bonchev–Trinajstić information content (AvgIpc) is 2.66. The third kappa shape index (κ3) is 2.46. The van der Waals surface area contributed by atoms with Crippen LogP contribution < -0.4 is 10.2 Å². The van der Waals surface area contributed by atoms with Crippen LogP contribution in [-0.4, -0.2) is 17.4 Å². The van der Waals surface area contributed by atoms with Crippen molar-refractivity contribution >= 4 is 22.9 Å². The van der Waals surface area contributed by atoms with Crippen LogP contribution >= 0.6 is 11.3 Å². The Morgan fingerprint density at radius 1 is 1.30 bits per heavy atom. The van der Waals surface area contributed by atoms with Gasteiger partial charge < -0.3 is 10.2 Å². The van der Waals surface area contributed by atoms with Gasteiger partial charge in [0.05, 0.1) is 18.8 Å². The molecule has 1 aliphatic rings. The number of nitrogens with zero attached hydrogens (tertiary/aromatic N) is 2. The zero-order valence-corrected chi connectivity index (χ0v) is 12.5. The van der Waals surface area contributed by atoms with E-state index in [-0.39, 0.29) is 5.91 Å². The number of hydrogen-bond acceptors (Lipinski definition) is 4. The van der Waals surface area contributed by atoms with E-state index in [1.54, 1.807) is 11.3 Å². The molecule has 2 aromatic rings. The number of hydrogen-bond donors (Lipinski definition) is 1. The first-order valence-corrected chi connectivity index (χ1v) is 7.48. The van der Waals surface area contributed by atoms with Gasteiger partial charge in [-0.15, -0.1) is 11.3 Å². The highest BCUT2D eigenvalue weighted by molar-refractivity contribution is 7.11. The molecule has 1 aromatic carbocycles. The second-order valence-corrected chi connectivity index (χ2v) is 6.25. The fourth-order valence-electron chi connectivity index (χ4n) is 2.37. The van der Waals surface area contributed by atoms with Crippen LogP contribution in [0, 0.1) is 13.8 Å². The molecule has 0 saturated heterocycles. The summed E-state index contributed by atoms with van der Waals surface area (Å²) in [6, 6.07) is 8.05. The molecule has 5 heteroatoms. The molecular formula is C15H17N3OS. The molecule has 1 aromatic heterocycles. The van der Waals surface area contributed by atoms with Crippen molar-refractivity contribution in [3.63, 3.8) is 0 Å². The highest BCUT2D eigenvalue weighted by atomic mass is 32.1. The van der Waals surface area contributed by atoms with Gasteiger partial charge in [-0.1, -0.05) is 18.2 Å². The summed E-state index contributed by atoms with van der Waals surface area (Å²) in [4.78, 5) is 19.9. The first-order valence-electron chi connectivity index (χ1n) is 6.67. The van der Waals surface area contributed by atoms with E-state index in [9.17, 15) is 4.79 Å². The summed E-state index contributed by atoms with van der Waals surface area (Å²) in [5.41, 5.74) is 3.20. The maximum absolute atomic E-state index is 12.3. The number of thiazole rings is 1. The van der Waals surface area contributed by atoms with Crippen molar-refractivity contribution in [3.05, 3.63) is 45.4 Å². The molecule has 2 heterocycles. The maximum Gasteiger partial charge on any atom is 0.241 e. The van der Waals surface area contributed by atoms with E-state index in [1.807, 2.05) is 30.0 Å². The van der Waals surface area contributed by atoms with Crippen molar-refractivity contribution in [1.29, 1.82) is 0 Å². The van der Waals surface area contributed by atoms with Gasteiger partial charge in [0.1, 0.15) is 5.01 Å². The molecule has 0 fully saturated rings. The number of amides is 1. The Kier molecular flexibility index (Phi) is 3.54. The minimum absolute atomic E-state index is 0.0976. The summed E-state index contributed by atoms with van der Waals surface area (Å²) in [6.07, 6.45) is 0. The molecule has 1 amide bonds. The maximum atomic E-state index is 12.3. The van der Waals surface area contributed by atoms with Crippen molar-refractivity contribution in [3.8, 4) is 0 Å². The van der Waals surface area contributed by atoms with Gasteiger partial charge in [0.15, 0.2) is 0 Å². The molecule has 0 aliphatic carbocycles. The van der Waals surface area contributed by atoms with Gasteiger partial charge in [0, 0.05) is 17.1 Å².